The Labute approximate surface area is 39.8 Å². The van der Waals surface area contributed by atoms with Crippen LogP contribution in [0.25, 0.3) is 0 Å². The second-order valence-electron chi connectivity index (χ2n) is 0.215. The predicted octanol–water partition coefficient (Wildman–Crippen LogP) is 3.03. The molecule has 0 nitrogen and oxygen atoms in total. The summed E-state index contributed by atoms with van der Waals surface area (Å²) >= 11 is 1.61. The zero-order valence-electron chi connectivity index (χ0n) is 1.65. The first kappa shape index (κ1) is 5.39. The van der Waals surface area contributed by atoms with Crippen molar-refractivity contribution >= 4 is 35.4 Å². The van der Waals surface area contributed by atoms with Crippen LogP contribution in [0.2, 0.25) is 0 Å². The molecule has 0 spiro atoms. The van der Waals surface area contributed by atoms with Gasteiger partial charge in [-0.15, -0.1) is 0 Å². The van der Waals surface area contributed by atoms with Gasteiger partial charge < -0.3 is 0 Å². The van der Waals surface area contributed by atoms with Crippen LogP contribution >= 0.6 is 35.4 Å². The van der Waals surface area contributed by atoms with Crippen molar-refractivity contribution in [1.29, 1.82) is 0 Å². The molecule has 0 aromatic heterocycles. The Bertz CT molecular complexity index is 52.2. The first-order valence-corrected chi connectivity index (χ1v) is 5.71. The van der Waals surface area contributed by atoms with Gasteiger partial charge in [0.25, 0.3) is 0 Å². The van der Waals surface area contributed by atoms with Gasteiger partial charge >= 0.3 is 39.6 Å². The maximum absolute atomic E-state index is 10.9. The minimum atomic E-state index is -1.46. The van der Waals surface area contributed by atoms with Crippen molar-refractivity contribution < 1.29 is 4.20 Å². The summed E-state index contributed by atoms with van der Waals surface area (Å²) < 4.78 is 10.9. The molecule has 4 heavy (non-hydrogen) atoms. The van der Waals surface area contributed by atoms with Gasteiger partial charge in [0.05, 0.1) is 0 Å². The van der Waals surface area contributed by atoms with E-state index in [2.05, 4.69) is 8.34 Å². The van der Waals surface area contributed by atoms with E-state index in [4.69, 9.17) is 0 Å². The van der Waals surface area contributed by atoms with Crippen molar-refractivity contribution in [3.05, 3.63) is 0 Å². The summed E-state index contributed by atoms with van der Waals surface area (Å²) in [6.07, 6.45) is 0. The molecule has 0 rings (SSSR count). The summed E-state index contributed by atoms with van der Waals surface area (Å²) in [7, 11) is 3.35. The number of rotatable bonds is 0. The van der Waals surface area contributed by atoms with Crippen LogP contribution in [0.1, 0.15) is 0 Å². The SMILES string of the molecule is FP(#P)I. The summed E-state index contributed by atoms with van der Waals surface area (Å²) in [6.45, 7) is 0. The molecule has 0 saturated carbocycles. The molecule has 1 atom stereocenters. The van der Waals surface area contributed by atoms with E-state index in [1.54, 1.807) is 22.0 Å². The fourth-order valence-corrected chi connectivity index (χ4v) is 0. The van der Waals surface area contributed by atoms with Crippen molar-refractivity contribution in [2.24, 2.45) is 0 Å². The van der Waals surface area contributed by atoms with Crippen LogP contribution < -0.4 is 0 Å². The van der Waals surface area contributed by atoms with Crippen LogP contribution in [0.15, 0.2) is 0 Å². The van der Waals surface area contributed by atoms with Gasteiger partial charge in [0, 0.05) is 0 Å². The van der Waals surface area contributed by atoms with Crippen LogP contribution in [0.5, 0.6) is 0 Å². The fourth-order valence-electron chi connectivity index (χ4n) is 0. The molecule has 1 unspecified atom stereocenters. The molecule has 0 bridgehead atoms. The van der Waals surface area contributed by atoms with E-state index in [9.17, 15) is 4.20 Å². The van der Waals surface area contributed by atoms with E-state index in [1.165, 1.54) is 0 Å². The van der Waals surface area contributed by atoms with E-state index in [-0.39, 0.29) is 0 Å². The topological polar surface area (TPSA) is 0 Å². The van der Waals surface area contributed by atoms with Gasteiger partial charge in [-0.2, -0.15) is 0 Å². The average Bonchev–Trinajstić information content (AvgIpc) is 0.811. The Balaban J connectivity index is 3.02. The zero-order chi connectivity index (χ0) is 3.58. The summed E-state index contributed by atoms with van der Waals surface area (Å²) in [4.78, 5) is -1.46. The van der Waals surface area contributed by atoms with E-state index < -0.39 is 4.98 Å². The van der Waals surface area contributed by atoms with E-state index >= 15 is 0 Å². The average molecular weight is 208 g/mol. The molecule has 0 heterocycles. The minimum absolute atomic E-state index is 1.46. The van der Waals surface area contributed by atoms with Crippen LogP contribution in [0.3, 0.4) is 0 Å². The quantitative estimate of drug-likeness (QED) is 0.423. The monoisotopic (exact) mass is 208 g/mol. The van der Waals surface area contributed by atoms with Gasteiger partial charge in [-0.05, 0) is 0 Å². The van der Waals surface area contributed by atoms with Crippen molar-refractivity contribution in [3.8, 4) is 0 Å². The molecule has 0 saturated heterocycles. The Kier molecular flexibility index (Phi) is 3.53. The molecular weight excluding hydrogens is 208 g/mol. The van der Waals surface area contributed by atoms with Gasteiger partial charge in [0.15, 0.2) is 0 Å². The van der Waals surface area contributed by atoms with Crippen molar-refractivity contribution in [3.63, 3.8) is 0 Å². The van der Waals surface area contributed by atoms with Crippen LogP contribution in [-0.2, 0) is 0 Å². The summed E-state index contributed by atoms with van der Waals surface area (Å²) in [5, 5.41) is 0. The first-order chi connectivity index (χ1) is 1.73. The number of hydrogen-bond acceptors (Lipinski definition) is 0. The fraction of sp³-hybridized carbons (Fsp3) is 0. The third-order valence-electron chi connectivity index (χ3n) is 0. The van der Waals surface area contributed by atoms with Crippen LogP contribution in [0, 0.1) is 0 Å². The predicted molar refractivity (Wildman–Crippen MR) is 29.0 cm³/mol. The van der Waals surface area contributed by atoms with Crippen molar-refractivity contribution in [2.45, 2.75) is 0 Å². The molecule has 4 heteroatoms. The van der Waals surface area contributed by atoms with E-state index in [1.807, 2.05) is 0 Å². The molecular formula is FIP2. The van der Waals surface area contributed by atoms with Gasteiger partial charge in [-0.25, -0.2) is 0 Å². The van der Waals surface area contributed by atoms with Crippen LogP contribution in [0.4, 0.5) is 4.20 Å². The number of hydrogen-bond donors (Lipinski definition) is 0. The third-order valence-corrected chi connectivity index (χ3v) is 0. The molecule has 0 amide bonds. The third kappa shape index (κ3) is 10.0. The number of halogens is 2. The molecule has 0 aliphatic heterocycles. The van der Waals surface area contributed by atoms with Gasteiger partial charge in [-0.1, -0.05) is 0 Å². The molecule has 0 aliphatic carbocycles. The first-order valence-electron chi connectivity index (χ1n) is 0.538. The van der Waals surface area contributed by atoms with Gasteiger partial charge in [0.2, 0.25) is 0 Å². The molecule has 24 valence electrons. The molecule has 0 aromatic rings. The standard InChI is InChI=1S/FIP2/c1-4(2)3. The van der Waals surface area contributed by atoms with Gasteiger partial charge in [0.1, 0.15) is 0 Å². The normalized spacial score (nSPS) is 10.8. The summed E-state index contributed by atoms with van der Waals surface area (Å²) in [5.41, 5.74) is 0. The Morgan fingerprint density at radius 1 is 2.00 bits per heavy atom. The van der Waals surface area contributed by atoms with E-state index in [0.717, 1.165) is 0 Å². The Hall–Kier alpha value is 1.39. The molecule has 0 fully saturated rings. The van der Waals surface area contributed by atoms with Crippen molar-refractivity contribution in [1.82, 2.24) is 0 Å². The van der Waals surface area contributed by atoms with Crippen LogP contribution in [-0.4, -0.2) is 0 Å². The maximum atomic E-state index is 10.9. The van der Waals surface area contributed by atoms with Crippen molar-refractivity contribution in [2.75, 3.05) is 0 Å². The van der Waals surface area contributed by atoms with E-state index in [0.29, 0.717) is 0 Å². The molecule has 0 aliphatic rings. The Morgan fingerprint density at radius 2 is 2.00 bits per heavy atom. The summed E-state index contributed by atoms with van der Waals surface area (Å²) in [6, 6.07) is 0. The molecule has 0 aromatic carbocycles. The van der Waals surface area contributed by atoms with Gasteiger partial charge in [-0.3, -0.25) is 0 Å². The summed E-state index contributed by atoms with van der Waals surface area (Å²) in [5.74, 6) is 0. The zero-order valence-corrected chi connectivity index (χ0v) is 5.60. The second kappa shape index (κ2) is 2.62. The molecule has 0 radical (unpaired) electrons. The molecule has 0 N–H and O–H groups in total. The Morgan fingerprint density at radius 3 is 2.00 bits per heavy atom. The second-order valence-corrected chi connectivity index (χ2v) is 6.53.